The van der Waals surface area contributed by atoms with Crippen LogP contribution >= 0.6 is 0 Å². The second-order valence-corrected chi connectivity index (χ2v) is 4.49. The first-order chi connectivity index (χ1) is 9.15. The van der Waals surface area contributed by atoms with Gasteiger partial charge in [0.2, 0.25) is 0 Å². The Bertz CT molecular complexity index is 610. The Morgan fingerprint density at radius 2 is 1.89 bits per heavy atom. The van der Waals surface area contributed by atoms with Crippen molar-refractivity contribution < 1.29 is 5.11 Å². The van der Waals surface area contributed by atoms with Gasteiger partial charge in [0.25, 0.3) is 0 Å². The highest BCUT2D eigenvalue weighted by Gasteiger charge is 2.25. The SMILES string of the molecule is CC[C@](O)(C#Cc1ccccc1C)c1ccccn1. The molecule has 0 aliphatic carbocycles. The largest absolute Gasteiger partial charge is 0.372 e. The molecule has 0 bridgehead atoms. The number of hydrogen-bond acceptors (Lipinski definition) is 2. The summed E-state index contributed by atoms with van der Waals surface area (Å²) < 4.78 is 0. The molecule has 2 rings (SSSR count). The summed E-state index contributed by atoms with van der Waals surface area (Å²) in [5.41, 5.74) is 1.45. The van der Waals surface area contributed by atoms with Crippen molar-refractivity contribution in [3.8, 4) is 11.8 Å². The number of aryl methyl sites for hydroxylation is 1. The minimum absolute atomic E-state index is 0.503. The van der Waals surface area contributed by atoms with Gasteiger partial charge >= 0.3 is 0 Å². The van der Waals surface area contributed by atoms with Gasteiger partial charge in [0.1, 0.15) is 0 Å². The van der Waals surface area contributed by atoms with E-state index in [0.717, 1.165) is 11.1 Å². The molecule has 1 aromatic carbocycles. The third kappa shape index (κ3) is 3.01. The van der Waals surface area contributed by atoms with E-state index in [9.17, 15) is 5.11 Å². The zero-order chi connectivity index (χ0) is 13.7. The van der Waals surface area contributed by atoms with Crippen molar-refractivity contribution in [1.29, 1.82) is 0 Å². The molecule has 0 aliphatic heterocycles. The normalized spacial score (nSPS) is 13.2. The fraction of sp³-hybridized carbons (Fsp3) is 0.235. The molecule has 0 unspecified atom stereocenters. The maximum Gasteiger partial charge on any atom is 0.167 e. The van der Waals surface area contributed by atoms with Gasteiger partial charge in [-0.2, -0.15) is 0 Å². The van der Waals surface area contributed by atoms with E-state index in [1.165, 1.54) is 0 Å². The zero-order valence-electron chi connectivity index (χ0n) is 11.2. The molecule has 2 heteroatoms. The van der Waals surface area contributed by atoms with E-state index in [2.05, 4.69) is 16.8 Å². The van der Waals surface area contributed by atoms with Gasteiger partial charge in [0.15, 0.2) is 5.60 Å². The van der Waals surface area contributed by atoms with Crippen LogP contribution in [0.5, 0.6) is 0 Å². The Morgan fingerprint density at radius 3 is 2.53 bits per heavy atom. The van der Waals surface area contributed by atoms with E-state index >= 15 is 0 Å². The number of rotatable bonds is 2. The summed E-state index contributed by atoms with van der Waals surface area (Å²) in [6.45, 7) is 3.91. The maximum absolute atomic E-state index is 10.6. The molecular formula is C17H17NO. The molecule has 96 valence electrons. The van der Waals surface area contributed by atoms with Gasteiger partial charge in [-0.05, 0) is 37.1 Å². The van der Waals surface area contributed by atoms with Crippen molar-refractivity contribution in [1.82, 2.24) is 4.98 Å². The Hall–Kier alpha value is -2.11. The molecular weight excluding hydrogens is 234 g/mol. The van der Waals surface area contributed by atoms with E-state index in [1.54, 1.807) is 12.3 Å². The molecule has 0 amide bonds. The molecule has 1 heterocycles. The van der Waals surface area contributed by atoms with Gasteiger partial charge in [-0.25, -0.2) is 0 Å². The van der Waals surface area contributed by atoms with Crippen LogP contribution in [-0.2, 0) is 5.60 Å². The number of aromatic nitrogens is 1. The highest BCUT2D eigenvalue weighted by molar-refractivity contribution is 5.42. The first-order valence-corrected chi connectivity index (χ1v) is 6.38. The number of nitrogens with zero attached hydrogens (tertiary/aromatic N) is 1. The Morgan fingerprint density at radius 1 is 1.16 bits per heavy atom. The van der Waals surface area contributed by atoms with Crippen molar-refractivity contribution in [3.05, 3.63) is 65.5 Å². The molecule has 0 radical (unpaired) electrons. The Labute approximate surface area is 114 Å². The summed E-state index contributed by atoms with van der Waals surface area (Å²) in [6.07, 6.45) is 2.17. The first kappa shape index (κ1) is 13.3. The monoisotopic (exact) mass is 251 g/mol. The molecule has 0 aliphatic rings. The summed E-state index contributed by atoms with van der Waals surface area (Å²) in [7, 11) is 0. The Kier molecular flexibility index (Phi) is 3.99. The minimum atomic E-state index is -1.19. The molecule has 0 saturated carbocycles. The summed E-state index contributed by atoms with van der Waals surface area (Å²) >= 11 is 0. The highest BCUT2D eigenvalue weighted by Crippen LogP contribution is 2.22. The van der Waals surface area contributed by atoms with Crippen molar-refractivity contribution >= 4 is 0 Å². The lowest BCUT2D eigenvalue weighted by atomic mass is 9.95. The first-order valence-electron chi connectivity index (χ1n) is 6.38. The van der Waals surface area contributed by atoms with Gasteiger partial charge in [0, 0.05) is 11.8 Å². The lowest BCUT2D eigenvalue weighted by Gasteiger charge is -2.19. The van der Waals surface area contributed by atoms with E-state index in [4.69, 9.17) is 0 Å². The van der Waals surface area contributed by atoms with Gasteiger partial charge in [-0.1, -0.05) is 43.0 Å². The fourth-order valence-electron chi connectivity index (χ4n) is 1.82. The van der Waals surface area contributed by atoms with Crippen molar-refractivity contribution in [2.75, 3.05) is 0 Å². The molecule has 1 atom stereocenters. The molecule has 0 fully saturated rings. The second kappa shape index (κ2) is 5.69. The predicted octanol–water partition coefficient (Wildman–Crippen LogP) is 3.04. The topological polar surface area (TPSA) is 33.1 Å². The molecule has 1 N–H and O–H groups in total. The molecule has 19 heavy (non-hydrogen) atoms. The zero-order valence-corrected chi connectivity index (χ0v) is 11.2. The summed E-state index contributed by atoms with van der Waals surface area (Å²) in [4.78, 5) is 4.20. The number of hydrogen-bond donors (Lipinski definition) is 1. The fourth-order valence-corrected chi connectivity index (χ4v) is 1.82. The van der Waals surface area contributed by atoms with E-state index in [1.807, 2.05) is 50.2 Å². The molecule has 0 saturated heterocycles. The summed E-state index contributed by atoms with van der Waals surface area (Å²) in [5.74, 6) is 6.03. The minimum Gasteiger partial charge on any atom is -0.372 e. The maximum atomic E-state index is 10.6. The van der Waals surface area contributed by atoms with Crippen LogP contribution in [0.25, 0.3) is 0 Å². The number of aliphatic hydroxyl groups is 1. The summed E-state index contributed by atoms with van der Waals surface area (Å²) in [6, 6.07) is 13.4. The van der Waals surface area contributed by atoms with Gasteiger partial charge in [0.05, 0.1) is 5.69 Å². The van der Waals surface area contributed by atoms with E-state index < -0.39 is 5.60 Å². The molecule has 0 spiro atoms. The highest BCUT2D eigenvalue weighted by atomic mass is 16.3. The van der Waals surface area contributed by atoms with Crippen molar-refractivity contribution in [2.45, 2.75) is 25.9 Å². The number of pyridine rings is 1. The van der Waals surface area contributed by atoms with Crippen LogP contribution in [-0.4, -0.2) is 10.1 Å². The lowest BCUT2D eigenvalue weighted by molar-refractivity contribution is 0.0913. The smallest absolute Gasteiger partial charge is 0.167 e. The van der Waals surface area contributed by atoms with Gasteiger partial charge < -0.3 is 5.11 Å². The molecule has 2 nitrogen and oxygen atoms in total. The average molecular weight is 251 g/mol. The quantitative estimate of drug-likeness (QED) is 0.832. The third-order valence-corrected chi connectivity index (χ3v) is 3.15. The van der Waals surface area contributed by atoms with Gasteiger partial charge in [-0.3, -0.25) is 4.98 Å². The van der Waals surface area contributed by atoms with Crippen LogP contribution in [0.1, 0.15) is 30.2 Å². The predicted molar refractivity (Wildman–Crippen MR) is 76.5 cm³/mol. The van der Waals surface area contributed by atoms with Crippen LogP contribution in [0.2, 0.25) is 0 Å². The van der Waals surface area contributed by atoms with Crippen molar-refractivity contribution in [2.24, 2.45) is 0 Å². The van der Waals surface area contributed by atoms with Crippen LogP contribution in [0.3, 0.4) is 0 Å². The van der Waals surface area contributed by atoms with Crippen LogP contribution < -0.4 is 0 Å². The third-order valence-electron chi connectivity index (χ3n) is 3.15. The second-order valence-electron chi connectivity index (χ2n) is 4.49. The average Bonchev–Trinajstić information content (AvgIpc) is 2.47. The molecule has 2 aromatic rings. The Balaban J connectivity index is 2.38. The summed E-state index contributed by atoms with van der Waals surface area (Å²) in [5, 5.41) is 10.6. The van der Waals surface area contributed by atoms with Crippen LogP contribution in [0.15, 0.2) is 48.7 Å². The number of benzene rings is 1. The van der Waals surface area contributed by atoms with E-state index in [-0.39, 0.29) is 0 Å². The van der Waals surface area contributed by atoms with E-state index in [0.29, 0.717) is 12.1 Å². The van der Waals surface area contributed by atoms with Crippen LogP contribution in [0, 0.1) is 18.8 Å². The van der Waals surface area contributed by atoms with Crippen LogP contribution in [0.4, 0.5) is 0 Å². The lowest BCUT2D eigenvalue weighted by Crippen LogP contribution is -2.23. The molecule has 1 aromatic heterocycles. The standard InChI is InChI=1S/C17H17NO/c1-3-17(19,16-10-6-7-13-18-16)12-11-15-9-5-4-8-14(15)2/h4-10,13,19H,3H2,1-2H3/t17-/m0/s1. The van der Waals surface area contributed by atoms with Crippen molar-refractivity contribution in [3.63, 3.8) is 0 Å². The van der Waals surface area contributed by atoms with Gasteiger partial charge in [-0.15, -0.1) is 0 Å².